The maximum atomic E-state index is 10.9. The number of furan rings is 1. The fourth-order valence-electron chi connectivity index (χ4n) is 2.48. The first-order valence-corrected chi connectivity index (χ1v) is 9.59. The molecule has 0 saturated heterocycles. The molecular formula is C22H31NO5. The molecule has 0 bridgehead atoms. The molecule has 1 aromatic carbocycles. The predicted molar refractivity (Wildman–Crippen MR) is 112 cm³/mol. The Kier molecular flexibility index (Phi) is 10.7. The lowest BCUT2D eigenvalue weighted by Crippen LogP contribution is -2.31. The molecule has 0 saturated carbocycles. The summed E-state index contributed by atoms with van der Waals surface area (Å²) in [5.74, 6) is -0.396. The lowest BCUT2D eigenvalue weighted by atomic mass is 10.1. The van der Waals surface area contributed by atoms with Crippen molar-refractivity contribution >= 4 is 16.9 Å². The van der Waals surface area contributed by atoms with Crippen LogP contribution in [0.5, 0.6) is 0 Å². The number of carboxylic acids is 1. The van der Waals surface area contributed by atoms with Gasteiger partial charge in [0.1, 0.15) is 24.1 Å². The van der Waals surface area contributed by atoms with Gasteiger partial charge in [0.15, 0.2) is 0 Å². The number of rotatable bonds is 10. The van der Waals surface area contributed by atoms with E-state index in [1.807, 2.05) is 64.1 Å². The number of benzene rings is 1. The first-order valence-electron chi connectivity index (χ1n) is 9.59. The molecular weight excluding hydrogens is 358 g/mol. The molecule has 1 heterocycles. The highest BCUT2D eigenvalue weighted by Gasteiger charge is 2.10. The molecule has 154 valence electrons. The Morgan fingerprint density at radius 2 is 2.04 bits per heavy atom. The molecule has 1 aromatic heterocycles. The highest BCUT2D eigenvalue weighted by molar-refractivity contribution is 5.91. The molecule has 0 aliphatic carbocycles. The Morgan fingerprint density at radius 3 is 2.68 bits per heavy atom. The largest absolute Gasteiger partial charge is 0.491 e. The minimum atomic E-state index is -1.07. The van der Waals surface area contributed by atoms with Gasteiger partial charge in [-0.1, -0.05) is 32.1 Å². The lowest BCUT2D eigenvalue weighted by Gasteiger charge is -2.13. The number of carboxylic acid groups (broad SMARTS) is 1. The van der Waals surface area contributed by atoms with Crippen LogP contribution in [0.2, 0.25) is 0 Å². The second-order valence-corrected chi connectivity index (χ2v) is 5.90. The fraction of sp³-hybridized carbons (Fsp3) is 0.409. The van der Waals surface area contributed by atoms with Crippen LogP contribution in [-0.2, 0) is 11.2 Å². The average Bonchev–Trinajstić information content (AvgIpc) is 3.14. The van der Waals surface area contributed by atoms with Crippen LogP contribution in [0.25, 0.3) is 11.0 Å². The van der Waals surface area contributed by atoms with E-state index in [1.165, 1.54) is 6.07 Å². The molecule has 2 rings (SSSR count). The van der Waals surface area contributed by atoms with E-state index in [2.05, 4.69) is 5.32 Å². The zero-order valence-corrected chi connectivity index (χ0v) is 17.1. The van der Waals surface area contributed by atoms with Crippen molar-refractivity contribution in [3.05, 3.63) is 59.6 Å². The standard InChI is InChI=1S/C20H25NO5.C2H6/c1-3-5-17(4-2)25-13-16(22)12-21-9-8-14-6-7-15-11-19(20(23)24)26-18(15)10-14;1-2/h3-7,10-11,16,21-22H,8-9,12-13H2,1-2H3,(H,23,24);1-2H3/b5-3-,17-4+;. The van der Waals surface area contributed by atoms with Crippen LogP contribution >= 0.6 is 0 Å². The maximum absolute atomic E-state index is 10.9. The van der Waals surface area contributed by atoms with Gasteiger partial charge in [-0.3, -0.25) is 0 Å². The molecule has 1 unspecified atom stereocenters. The molecule has 0 amide bonds. The Morgan fingerprint density at radius 1 is 1.29 bits per heavy atom. The van der Waals surface area contributed by atoms with E-state index in [-0.39, 0.29) is 12.4 Å². The molecule has 1 atom stereocenters. The Bertz CT molecular complexity index is 791. The topological polar surface area (TPSA) is 91.9 Å². The van der Waals surface area contributed by atoms with Gasteiger partial charge in [-0.05, 0) is 56.7 Å². The molecule has 0 fully saturated rings. The third-order valence-corrected chi connectivity index (χ3v) is 3.82. The molecule has 6 heteroatoms. The number of aliphatic hydroxyl groups is 1. The Balaban J connectivity index is 0.00000190. The molecule has 0 spiro atoms. The van der Waals surface area contributed by atoms with E-state index in [9.17, 15) is 9.90 Å². The van der Waals surface area contributed by atoms with Gasteiger partial charge >= 0.3 is 5.97 Å². The van der Waals surface area contributed by atoms with Gasteiger partial charge in [-0.25, -0.2) is 4.79 Å². The van der Waals surface area contributed by atoms with Gasteiger partial charge < -0.3 is 24.7 Å². The van der Waals surface area contributed by atoms with Gasteiger partial charge in [0.25, 0.3) is 0 Å². The van der Waals surface area contributed by atoms with Crippen LogP contribution in [0.3, 0.4) is 0 Å². The Hall–Kier alpha value is -2.57. The number of allylic oxidation sites excluding steroid dienone is 3. The SMILES string of the molecule is C/C=C\C(=C/C)OCC(O)CNCCc1ccc2cc(C(=O)O)oc2c1.CC. The molecule has 0 aliphatic rings. The van der Waals surface area contributed by atoms with E-state index in [1.54, 1.807) is 0 Å². The van der Waals surface area contributed by atoms with Crippen molar-refractivity contribution in [2.24, 2.45) is 0 Å². The number of hydrogen-bond acceptors (Lipinski definition) is 5. The second kappa shape index (κ2) is 12.8. The van der Waals surface area contributed by atoms with Crippen molar-refractivity contribution in [3.8, 4) is 0 Å². The molecule has 3 N–H and O–H groups in total. The summed E-state index contributed by atoms with van der Waals surface area (Å²) in [5.41, 5.74) is 1.60. The lowest BCUT2D eigenvalue weighted by molar-refractivity contribution is 0.0665. The highest BCUT2D eigenvalue weighted by Crippen LogP contribution is 2.21. The minimum Gasteiger partial charge on any atom is -0.491 e. The van der Waals surface area contributed by atoms with Crippen molar-refractivity contribution in [2.45, 2.75) is 40.2 Å². The summed E-state index contributed by atoms with van der Waals surface area (Å²) in [6.45, 7) is 9.13. The summed E-state index contributed by atoms with van der Waals surface area (Å²) in [6.07, 6.45) is 5.72. The van der Waals surface area contributed by atoms with Crippen LogP contribution in [0.1, 0.15) is 43.8 Å². The van der Waals surface area contributed by atoms with Crippen molar-refractivity contribution in [2.75, 3.05) is 19.7 Å². The van der Waals surface area contributed by atoms with Crippen LogP contribution in [0.15, 0.2) is 52.7 Å². The number of nitrogens with one attached hydrogen (secondary N) is 1. The molecule has 2 aromatic rings. The predicted octanol–water partition coefficient (Wildman–Crippen LogP) is 4.15. The van der Waals surface area contributed by atoms with Crippen LogP contribution in [-0.4, -0.2) is 42.0 Å². The number of hydrogen-bond donors (Lipinski definition) is 3. The van der Waals surface area contributed by atoms with Crippen molar-refractivity contribution < 1.29 is 24.2 Å². The normalized spacial score (nSPS) is 12.7. The summed E-state index contributed by atoms with van der Waals surface area (Å²) >= 11 is 0. The van der Waals surface area contributed by atoms with Crippen LogP contribution in [0, 0.1) is 0 Å². The van der Waals surface area contributed by atoms with Crippen LogP contribution in [0.4, 0.5) is 0 Å². The average molecular weight is 389 g/mol. The zero-order chi connectivity index (χ0) is 20.9. The first-order chi connectivity index (χ1) is 13.5. The van der Waals surface area contributed by atoms with Crippen molar-refractivity contribution in [1.29, 1.82) is 0 Å². The van der Waals surface area contributed by atoms with E-state index in [0.29, 0.717) is 18.7 Å². The monoisotopic (exact) mass is 389 g/mol. The third kappa shape index (κ3) is 7.58. The molecule has 6 nitrogen and oxygen atoms in total. The molecule has 0 radical (unpaired) electrons. The summed E-state index contributed by atoms with van der Waals surface area (Å²) in [4.78, 5) is 10.9. The van der Waals surface area contributed by atoms with Gasteiger partial charge in [-0.2, -0.15) is 0 Å². The van der Waals surface area contributed by atoms with E-state index < -0.39 is 12.1 Å². The number of ether oxygens (including phenoxy) is 1. The quantitative estimate of drug-likeness (QED) is 0.321. The van der Waals surface area contributed by atoms with Gasteiger partial charge in [0.2, 0.25) is 5.76 Å². The Labute approximate surface area is 166 Å². The zero-order valence-electron chi connectivity index (χ0n) is 17.1. The maximum Gasteiger partial charge on any atom is 0.371 e. The van der Waals surface area contributed by atoms with Gasteiger partial charge in [0.05, 0.1) is 0 Å². The third-order valence-electron chi connectivity index (χ3n) is 3.82. The second-order valence-electron chi connectivity index (χ2n) is 5.90. The summed E-state index contributed by atoms with van der Waals surface area (Å²) in [6, 6.07) is 7.16. The summed E-state index contributed by atoms with van der Waals surface area (Å²) in [5, 5.41) is 22.9. The number of aromatic carboxylic acids is 1. The van der Waals surface area contributed by atoms with E-state index in [4.69, 9.17) is 14.3 Å². The van der Waals surface area contributed by atoms with E-state index >= 15 is 0 Å². The molecule has 28 heavy (non-hydrogen) atoms. The first kappa shape index (κ1) is 23.5. The van der Waals surface area contributed by atoms with Crippen molar-refractivity contribution in [1.82, 2.24) is 5.32 Å². The number of aliphatic hydroxyl groups excluding tert-OH is 1. The summed E-state index contributed by atoms with van der Waals surface area (Å²) < 4.78 is 10.8. The number of fused-ring (bicyclic) bond motifs is 1. The summed E-state index contributed by atoms with van der Waals surface area (Å²) in [7, 11) is 0. The van der Waals surface area contributed by atoms with E-state index in [0.717, 1.165) is 23.1 Å². The highest BCUT2D eigenvalue weighted by atomic mass is 16.5. The van der Waals surface area contributed by atoms with Gasteiger partial charge in [-0.15, -0.1) is 0 Å². The number of carbonyl (C=O) groups is 1. The van der Waals surface area contributed by atoms with Crippen molar-refractivity contribution in [3.63, 3.8) is 0 Å². The smallest absolute Gasteiger partial charge is 0.371 e. The molecule has 0 aliphatic heterocycles. The van der Waals surface area contributed by atoms with Crippen LogP contribution < -0.4 is 5.32 Å². The minimum absolute atomic E-state index is 0.0585. The fourth-order valence-corrected chi connectivity index (χ4v) is 2.48. The van der Waals surface area contributed by atoms with Gasteiger partial charge in [0, 0.05) is 11.9 Å².